The highest BCUT2D eigenvalue weighted by Crippen LogP contribution is 2.47. The van der Waals surface area contributed by atoms with Crippen molar-refractivity contribution in [3.05, 3.63) is 54.1 Å². The predicted octanol–water partition coefficient (Wildman–Crippen LogP) is 5.61. The van der Waals surface area contributed by atoms with Gasteiger partial charge in [-0.3, -0.25) is 0 Å². The first-order valence-corrected chi connectivity index (χ1v) is 10.9. The van der Waals surface area contributed by atoms with E-state index in [2.05, 4.69) is 13.2 Å². The Hall–Kier alpha value is -3.32. The Morgan fingerprint density at radius 1 is 0.875 bits per heavy atom. The normalized spacial score (nSPS) is 10.8. The average molecular weight is 455 g/mol. The molecular formula is C25H26O6S. The molecule has 0 N–H and O–H groups in total. The molecule has 3 rings (SSSR count). The minimum absolute atomic E-state index is 0.309. The lowest BCUT2D eigenvalue weighted by Gasteiger charge is -2.10. The van der Waals surface area contributed by atoms with Crippen LogP contribution in [0.4, 0.5) is 0 Å². The van der Waals surface area contributed by atoms with Crippen LogP contribution in [-0.4, -0.2) is 32.8 Å². The van der Waals surface area contributed by atoms with Crippen molar-refractivity contribution in [3.8, 4) is 17.2 Å². The molecule has 168 valence electrons. The van der Waals surface area contributed by atoms with Gasteiger partial charge in [-0.05, 0) is 44.4 Å². The van der Waals surface area contributed by atoms with Crippen LogP contribution in [0.5, 0.6) is 17.2 Å². The van der Waals surface area contributed by atoms with Gasteiger partial charge < -0.3 is 18.9 Å². The summed E-state index contributed by atoms with van der Waals surface area (Å²) in [6.45, 7) is 10.7. The molecule has 0 bridgehead atoms. The van der Waals surface area contributed by atoms with Crippen LogP contribution in [0.1, 0.15) is 25.8 Å². The summed E-state index contributed by atoms with van der Waals surface area (Å²) in [5.74, 6) is 0.729. The van der Waals surface area contributed by atoms with Crippen LogP contribution in [0.2, 0.25) is 0 Å². The van der Waals surface area contributed by atoms with Crippen LogP contribution in [0.25, 0.3) is 20.2 Å². The molecule has 1 heterocycles. The number of fused-ring (bicyclic) bond motifs is 3. The number of carbonyl (C=O) groups excluding carboxylic acids is 2. The Kier molecular flexibility index (Phi) is 7.20. The Balaban J connectivity index is 1.96. The maximum Gasteiger partial charge on any atom is 0.338 e. The largest absolute Gasteiger partial charge is 0.495 e. The fraction of sp³-hybridized carbons (Fsp3) is 0.280. The van der Waals surface area contributed by atoms with E-state index in [1.54, 1.807) is 34.1 Å². The smallest absolute Gasteiger partial charge is 0.338 e. The van der Waals surface area contributed by atoms with Crippen molar-refractivity contribution in [2.24, 2.45) is 0 Å². The Bertz CT molecular complexity index is 1220. The van der Waals surface area contributed by atoms with Gasteiger partial charge in [0.1, 0.15) is 5.75 Å². The van der Waals surface area contributed by atoms with Crippen molar-refractivity contribution in [2.45, 2.75) is 26.7 Å². The summed E-state index contributed by atoms with van der Waals surface area (Å²) in [5.41, 5.74) is 1.71. The molecule has 0 spiro atoms. The van der Waals surface area contributed by atoms with E-state index in [0.717, 1.165) is 31.5 Å². The molecule has 0 fully saturated rings. The minimum Gasteiger partial charge on any atom is -0.495 e. The molecule has 0 radical (unpaired) electrons. The topological polar surface area (TPSA) is 71.1 Å². The highest BCUT2D eigenvalue weighted by atomic mass is 32.1. The third-order valence-corrected chi connectivity index (χ3v) is 6.11. The zero-order valence-electron chi connectivity index (χ0n) is 18.7. The fourth-order valence-corrected chi connectivity index (χ4v) is 4.67. The van der Waals surface area contributed by atoms with E-state index < -0.39 is 5.97 Å². The zero-order chi connectivity index (χ0) is 23.4. The summed E-state index contributed by atoms with van der Waals surface area (Å²) < 4.78 is 23.8. The molecule has 0 aliphatic heterocycles. The lowest BCUT2D eigenvalue weighted by Crippen LogP contribution is -2.08. The maximum atomic E-state index is 12.0. The first kappa shape index (κ1) is 23.3. The molecule has 3 aromatic rings. The van der Waals surface area contributed by atoms with Crippen molar-refractivity contribution < 1.29 is 28.5 Å². The second-order valence-electron chi connectivity index (χ2n) is 7.40. The number of ether oxygens (including phenoxy) is 4. The summed E-state index contributed by atoms with van der Waals surface area (Å²) in [4.78, 5) is 23.6. The molecule has 2 aromatic carbocycles. The van der Waals surface area contributed by atoms with Crippen LogP contribution in [0.15, 0.2) is 48.6 Å². The number of aryl methyl sites for hydroxylation is 1. The summed E-state index contributed by atoms with van der Waals surface area (Å²) in [7, 11) is 3.19. The van der Waals surface area contributed by atoms with Gasteiger partial charge in [-0.1, -0.05) is 25.3 Å². The Morgan fingerprint density at radius 2 is 1.47 bits per heavy atom. The van der Waals surface area contributed by atoms with Crippen molar-refractivity contribution in [1.82, 2.24) is 0 Å². The van der Waals surface area contributed by atoms with E-state index in [1.165, 1.54) is 11.3 Å². The molecule has 1 aromatic heterocycles. The van der Waals surface area contributed by atoms with E-state index in [0.29, 0.717) is 42.1 Å². The molecule has 7 heteroatoms. The molecule has 6 nitrogen and oxygen atoms in total. The van der Waals surface area contributed by atoms with Crippen LogP contribution >= 0.6 is 11.3 Å². The van der Waals surface area contributed by atoms with Gasteiger partial charge in [0.25, 0.3) is 0 Å². The van der Waals surface area contributed by atoms with Crippen molar-refractivity contribution in [2.75, 3.05) is 20.8 Å². The molecular weight excluding hydrogens is 428 g/mol. The quantitative estimate of drug-likeness (QED) is 0.181. The monoisotopic (exact) mass is 454 g/mol. The lowest BCUT2D eigenvalue weighted by molar-refractivity contribution is -0.139. The molecule has 32 heavy (non-hydrogen) atoms. The predicted molar refractivity (Wildman–Crippen MR) is 127 cm³/mol. The van der Waals surface area contributed by atoms with Gasteiger partial charge in [-0.2, -0.15) is 0 Å². The van der Waals surface area contributed by atoms with Crippen LogP contribution in [-0.2, 0) is 20.7 Å². The van der Waals surface area contributed by atoms with Crippen LogP contribution in [0.3, 0.4) is 0 Å². The van der Waals surface area contributed by atoms with E-state index in [9.17, 15) is 9.59 Å². The first-order valence-electron chi connectivity index (χ1n) is 10.1. The van der Waals surface area contributed by atoms with Gasteiger partial charge in [-0.25, -0.2) is 9.59 Å². The highest BCUT2D eigenvalue weighted by Gasteiger charge is 2.20. The number of carbonyl (C=O) groups is 2. The van der Waals surface area contributed by atoms with Gasteiger partial charge in [0.2, 0.25) is 0 Å². The van der Waals surface area contributed by atoms with Gasteiger partial charge in [0, 0.05) is 21.9 Å². The first-order chi connectivity index (χ1) is 15.3. The summed E-state index contributed by atoms with van der Waals surface area (Å²) in [5, 5.41) is 2.01. The van der Waals surface area contributed by atoms with E-state index in [-0.39, 0.29) is 5.97 Å². The summed E-state index contributed by atoms with van der Waals surface area (Å²) >= 11 is 1.52. The van der Waals surface area contributed by atoms with Gasteiger partial charge in [0.05, 0.1) is 30.2 Å². The number of hydrogen-bond acceptors (Lipinski definition) is 7. The number of thiophene rings is 1. The van der Waals surface area contributed by atoms with Crippen LogP contribution < -0.4 is 14.2 Å². The number of esters is 2. The molecule has 0 unspecified atom stereocenters. The molecule has 0 saturated heterocycles. The Labute approximate surface area is 191 Å². The highest BCUT2D eigenvalue weighted by molar-refractivity contribution is 7.26. The van der Waals surface area contributed by atoms with Crippen LogP contribution in [0, 0.1) is 0 Å². The van der Waals surface area contributed by atoms with E-state index >= 15 is 0 Å². The molecule has 0 saturated carbocycles. The van der Waals surface area contributed by atoms with Gasteiger partial charge in [-0.15, -0.1) is 11.3 Å². The van der Waals surface area contributed by atoms with Gasteiger partial charge in [0.15, 0.2) is 11.5 Å². The Morgan fingerprint density at radius 3 is 2.06 bits per heavy atom. The number of methoxy groups -OCH3 is 2. The molecule has 0 aliphatic carbocycles. The number of benzene rings is 2. The van der Waals surface area contributed by atoms with Crippen molar-refractivity contribution >= 4 is 43.4 Å². The minimum atomic E-state index is -0.504. The average Bonchev–Trinajstić information content (AvgIpc) is 3.14. The van der Waals surface area contributed by atoms with E-state index in [4.69, 9.17) is 18.9 Å². The SMILES string of the molecule is C=C(C)C(=O)OCCCc1ccc2c(sc3c(OC)c(OC(=O)C(=C)C)ccc32)c1OC. The number of hydrogen-bond donors (Lipinski definition) is 0. The molecule has 0 atom stereocenters. The standard InChI is InChI=1S/C25H26O6S/c1-14(2)24(26)30-13-7-8-16-9-10-17-18-11-12-19(31-25(27)15(3)4)21(29-6)23(18)32-22(17)20(16)28-5/h9-12H,1,3,7-8,13H2,2,4-6H3. The summed E-state index contributed by atoms with van der Waals surface area (Å²) in [6.07, 6.45) is 1.35. The molecule has 0 amide bonds. The van der Waals surface area contributed by atoms with E-state index in [1.807, 2.05) is 18.2 Å². The number of rotatable bonds is 9. The zero-order valence-corrected chi connectivity index (χ0v) is 19.5. The lowest BCUT2D eigenvalue weighted by atomic mass is 10.0. The third kappa shape index (κ3) is 4.62. The summed E-state index contributed by atoms with van der Waals surface area (Å²) in [6, 6.07) is 7.71. The second kappa shape index (κ2) is 9.87. The van der Waals surface area contributed by atoms with Crippen molar-refractivity contribution in [1.29, 1.82) is 0 Å². The van der Waals surface area contributed by atoms with Gasteiger partial charge >= 0.3 is 11.9 Å². The third-order valence-electron chi connectivity index (χ3n) is 4.90. The second-order valence-corrected chi connectivity index (χ2v) is 8.42. The molecule has 0 aliphatic rings. The van der Waals surface area contributed by atoms with Crippen molar-refractivity contribution in [3.63, 3.8) is 0 Å². The maximum absolute atomic E-state index is 12.0. The fourth-order valence-electron chi connectivity index (χ4n) is 3.31.